The minimum atomic E-state index is -0.278. The third kappa shape index (κ3) is 1.23. The lowest BCUT2D eigenvalue weighted by atomic mass is 10.1. The highest BCUT2D eigenvalue weighted by Crippen LogP contribution is 2.20. The van der Waals surface area contributed by atoms with E-state index in [1.165, 1.54) is 11.1 Å². The van der Waals surface area contributed by atoms with Crippen LogP contribution in [0.2, 0.25) is 0 Å². The minimum Gasteiger partial charge on any atom is -0.444 e. The van der Waals surface area contributed by atoms with E-state index in [9.17, 15) is 4.79 Å². The molecule has 62 valence electrons. The lowest BCUT2D eigenvalue weighted by molar-refractivity contribution is 0.129. The average molecular weight is 155 g/mol. The van der Waals surface area contributed by atoms with Gasteiger partial charge in [-0.25, -0.2) is 4.79 Å². The van der Waals surface area contributed by atoms with Crippen molar-refractivity contribution < 1.29 is 9.53 Å². The van der Waals surface area contributed by atoms with Crippen LogP contribution in [0.5, 0.6) is 0 Å². The van der Waals surface area contributed by atoms with Gasteiger partial charge in [-0.3, -0.25) is 4.90 Å². The Morgan fingerprint density at radius 2 is 2.45 bits per heavy atom. The number of carbonyl (C=O) groups is 1. The highest BCUT2D eigenvalue weighted by atomic mass is 16.6. The van der Waals surface area contributed by atoms with Gasteiger partial charge in [0.2, 0.25) is 0 Å². The molecule has 0 spiro atoms. The van der Waals surface area contributed by atoms with E-state index in [1.807, 2.05) is 13.8 Å². The number of carbonyl (C=O) groups excluding carboxylic acids is 1. The fourth-order valence-electron chi connectivity index (χ4n) is 1.30. The van der Waals surface area contributed by atoms with E-state index < -0.39 is 0 Å². The van der Waals surface area contributed by atoms with Crippen LogP contribution in [-0.4, -0.2) is 23.1 Å². The molecular weight excluding hydrogens is 142 g/mol. The first kappa shape index (κ1) is 8.11. The molecule has 2 unspecified atom stereocenters. The molecule has 1 fully saturated rings. The third-order valence-electron chi connectivity index (χ3n) is 2.04. The summed E-state index contributed by atoms with van der Waals surface area (Å²) in [5.41, 5.74) is 0. The van der Waals surface area contributed by atoms with Gasteiger partial charge in [-0.2, -0.15) is 0 Å². The summed E-state index contributed by atoms with van der Waals surface area (Å²) in [6.45, 7) is 7.50. The van der Waals surface area contributed by atoms with Gasteiger partial charge in [0.25, 0.3) is 0 Å². The predicted octanol–water partition coefficient (Wildman–Crippen LogP) is 1.75. The minimum absolute atomic E-state index is 0.0282. The molecule has 0 bridgehead atoms. The van der Waals surface area contributed by atoms with E-state index in [-0.39, 0.29) is 18.2 Å². The second kappa shape index (κ2) is 2.95. The van der Waals surface area contributed by atoms with Gasteiger partial charge in [-0.05, 0) is 13.3 Å². The first-order chi connectivity index (χ1) is 5.20. The smallest absolute Gasteiger partial charge is 0.414 e. The molecule has 3 nitrogen and oxygen atoms in total. The van der Waals surface area contributed by atoms with Crippen LogP contribution in [0.25, 0.3) is 0 Å². The first-order valence-corrected chi connectivity index (χ1v) is 3.82. The normalized spacial score (nSPS) is 30.4. The Hall–Kier alpha value is -0.990. The lowest BCUT2D eigenvalue weighted by Crippen LogP contribution is -2.28. The van der Waals surface area contributed by atoms with Gasteiger partial charge >= 0.3 is 6.09 Å². The Morgan fingerprint density at radius 3 is 2.73 bits per heavy atom. The first-order valence-electron chi connectivity index (χ1n) is 3.82. The van der Waals surface area contributed by atoms with Gasteiger partial charge in [0.1, 0.15) is 6.10 Å². The van der Waals surface area contributed by atoms with E-state index in [0.29, 0.717) is 0 Å². The molecule has 1 heterocycles. The molecule has 11 heavy (non-hydrogen) atoms. The average Bonchev–Trinajstić information content (AvgIpc) is 2.26. The molecule has 1 rings (SSSR count). The van der Waals surface area contributed by atoms with Crippen molar-refractivity contribution in [2.75, 3.05) is 0 Å². The number of hydrogen-bond donors (Lipinski definition) is 0. The Labute approximate surface area is 66.6 Å². The maximum absolute atomic E-state index is 11.0. The number of amides is 1. The highest BCUT2D eigenvalue weighted by Gasteiger charge is 2.35. The summed E-state index contributed by atoms with van der Waals surface area (Å²) in [7, 11) is 0. The van der Waals surface area contributed by atoms with Gasteiger partial charge in [-0.1, -0.05) is 13.5 Å². The van der Waals surface area contributed by atoms with Gasteiger partial charge in [-0.15, -0.1) is 0 Å². The maximum Gasteiger partial charge on any atom is 0.414 e. The topological polar surface area (TPSA) is 29.5 Å². The zero-order chi connectivity index (χ0) is 8.43. The van der Waals surface area contributed by atoms with Gasteiger partial charge in [0, 0.05) is 6.20 Å². The monoisotopic (exact) mass is 155 g/mol. The Morgan fingerprint density at radius 1 is 1.82 bits per heavy atom. The van der Waals surface area contributed by atoms with Crippen molar-refractivity contribution in [3.8, 4) is 0 Å². The van der Waals surface area contributed by atoms with Crippen LogP contribution in [0.4, 0.5) is 4.79 Å². The van der Waals surface area contributed by atoms with Crippen molar-refractivity contribution in [3.05, 3.63) is 12.8 Å². The molecule has 0 saturated carbocycles. The molecule has 1 aliphatic heterocycles. The van der Waals surface area contributed by atoms with Crippen molar-refractivity contribution in [3.63, 3.8) is 0 Å². The molecule has 0 radical (unpaired) electrons. The van der Waals surface area contributed by atoms with Crippen LogP contribution in [-0.2, 0) is 4.74 Å². The SMILES string of the molecule is C=CN1C(=O)OC(CC)C1C. The van der Waals surface area contributed by atoms with E-state index in [4.69, 9.17) is 4.74 Å². The molecule has 2 atom stereocenters. The molecule has 1 aliphatic rings. The molecular formula is C8H13NO2. The van der Waals surface area contributed by atoms with Crippen LogP contribution in [0.1, 0.15) is 20.3 Å². The van der Waals surface area contributed by atoms with E-state index in [0.717, 1.165) is 6.42 Å². The molecule has 3 heteroatoms. The largest absolute Gasteiger partial charge is 0.444 e. The molecule has 0 aliphatic carbocycles. The molecule has 0 aromatic rings. The van der Waals surface area contributed by atoms with Gasteiger partial charge in [0.05, 0.1) is 6.04 Å². The van der Waals surface area contributed by atoms with Crippen molar-refractivity contribution in [1.82, 2.24) is 4.90 Å². The molecule has 0 aromatic heterocycles. The third-order valence-corrected chi connectivity index (χ3v) is 2.04. The number of ether oxygens (including phenoxy) is 1. The van der Waals surface area contributed by atoms with E-state index in [1.54, 1.807) is 0 Å². The molecule has 0 N–H and O–H groups in total. The van der Waals surface area contributed by atoms with Crippen LogP contribution < -0.4 is 0 Å². The Bertz CT molecular complexity index is 179. The summed E-state index contributed by atoms with van der Waals surface area (Å²) in [5.74, 6) is 0. The summed E-state index contributed by atoms with van der Waals surface area (Å²) in [6, 6.07) is 0.130. The standard InChI is InChI=1S/C8H13NO2/c1-4-7-6(3)9(5-2)8(10)11-7/h5-7H,2,4H2,1,3H3. The Balaban J connectivity index is 2.70. The van der Waals surface area contributed by atoms with Crippen molar-refractivity contribution in [2.45, 2.75) is 32.4 Å². The zero-order valence-electron chi connectivity index (χ0n) is 6.91. The summed E-state index contributed by atoms with van der Waals surface area (Å²) in [5, 5.41) is 0. The van der Waals surface area contributed by atoms with Crippen LogP contribution in [0.15, 0.2) is 12.8 Å². The number of nitrogens with zero attached hydrogens (tertiary/aromatic N) is 1. The van der Waals surface area contributed by atoms with Crippen LogP contribution in [0.3, 0.4) is 0 Å². The predicted molar refractivity (Wildman–Crippen MR) is 42.1 cm³/mol. The zero-order valence-corrected chi connectivity index (χ0v) is 6.91. The molecule has 1 saturated heterocycles. The van der Waals surface area contributed by atoms with E-state index >= 15 is 0 Å². The fourth-order valence-corrected chi connectivity index (χ4v) is 1.30. The summed E-state index contributed by atoms with van der Waals surface area (Å²) in [4.78, 5) is 12.5. The van der Waals surface area contributed by atoms with Crippen molar-refractivity contribution in [2.24, 2.45) is 0 Å². The molecule has 1 amide bonds. The lowest BCUT2D eigenvalue weighted by Gasteiger charge is -2.14. The number of rotatable bonds is 2. The summed E-state index contributed by atoms with van der Waals surface area (Å²) >= 11 is 0. The second-order valence-electron chi connectivity index (χ2n) is 2.66. The van der Waals surface area contributed by atoms with Gasteiger partial charge < -0.3 is 4.74 Å². The quantitative estimate of drug-likeness (QED) is 0.608. The number of hydrogen-bond acceptors (Lipinski definition) is 2. The second-order valence-corrected chi connectivity index (χ2v) is 2.66. The summed E-state index contributed by atoms with van der Waals surface area (Å²) in [6.07, 6.45) is 2.12. The highest BCUT2D eigenvalue weighted by molar-refractivity contribution is 5.71. The van der Waals surface area contributed by atoms with Crippen molar-refractivity contribution in [1.29, 1.82) is 0 Å². The van der Waals surface area contributed by atoms with Crippen LogP contribution in [0, 0.1) is 0 Å². The molecule has 0 aromatic carbocycles. The Kier molecular flexibility index (Phi) is 2.17. The van der Waals surface area contributed by atoms with Gasteiger partial charge in [0.15, 0.2) is 0 Å². The van der Waals surface area contributed by atoms with E-state index in [2.05, 4.69) is 6.58 Å². The summed E-state index contributed by atoms with van der Waals surface area (Å²) < 4.78 is 5.04. The van der Waals surface area contributed by atoms with Crippen molar-refractivity contribution >= 4 is 6.09 Å². The maximum atomic E-state index is 11.0. The van der Waals surface area contributed by atoms with Crippen LogP contribution >= 0.6 is 0 Å². The number of cyclic esters (lactones) is 1. The fraction of sp³-hybridized carbons (Fsp3) is 0.625.